The van der Waals surface area contributed by atoms with Crippen LogP contribution in [0.4, 0.5) is 0 Å². The summed E-state index contributed by atoms with van der Waals surface area (Å²) < 4.78 is 5.56. The highest BCUT2D eigenvalue weighted by molar-refractivity contribution is 4.78. The number of rotatable bonds is 5. The Labute approximate surface area is 101 Å². The summed E-state index contributed by atoms with van der Waals surface area (Å²) in [6.45, 7) is 15.3. The second-order valence-corrected chi connectivity index (χ2v) is 5.88. The Morgan fingerprint density at radius 3 is 2.75 bits per heavy atom. The Balaban J connectivity index is 2.34. The van der Waals surface area contributed by atoms with Crippen LogP contribution < -0.4 is 5.32 Å². The van der Waals surface area contributed by atoms with Crippen molar-refractivity contribution in [2.75, 3.05) is 39.4 Å². The molecule has 1 unspecified atom stereocenters. The van der Waals surface area contributed by atoms with Gasteiger partial charge < -0.3 is 10.1 Å². The van der Waals surface area contributed by atoms with E-state index >= 15 is 0 Å². The minimum Gasteiger partial charge on any atom is -0.378 e. The summed E-state index contributed by atoms with van der Waals surface area (Å²) in [5.74, 6) is 0. The lowest BCUT2D eigenvalue weighted by Crippen LogP contribution is -2.51. The minimum absolute atomic E-state index is 0.432. The smallest absolute Gasteiger partial charge is 0.0634 e. The van der Waals surface area contributed by atoms with Crippen molar-refractivity contribution in [3.63, 3.8) is 0 Å². The Hall–Kier alpha value is -0.120. The SMILES string of the molecule is CCNCC1COCCN1CCC(C)(C)C. The molecule has 1 fully saturated rings. The highest BCUT2D eigenvalue weighted by Gasteiger charge is 2.23. The molecule has 0 aromatic heterocycles. The van der Waals surface area contributed by atoms with Crippen molar-refractivity contribution < 1.29 is 4.74 Å². The van der Waals surface area contributed by atoms with Gasteiger partial charge in [-0.15, -0.1) is 0 Å². The maximum atomic E-state index is 5.56. The molecule has 1 N–H and O–H groups in total. The second-order valence-electron chi connectivity index (χ2n) is 5.88. The van der Waals surface area contributed by atoms with Crippen LogP contribution in [0.2, 0.25) is 0 Å². The molecule has 0 saturated carbocycles. The van der Waals surface area contributed by atoms with E-state index in [2.05, 4.69) is 37.9 Å². The van der Waals surface area contributed by atoms with Crippen LogP contribution in [0.3, 0.4) is 0 Å². The molecule has 0 amide bonds. The van der Waals surface area contributed by atoms with Gasteiger partial charge in [-0.1, -0.05) is 27.7 Å². The van der Waals surface area contributed by atoms with Crippen LogP contribution in [0.5, 0.6) is 0 Å². The standard InChI is InChI=1S/C13H28N2O/c1-5-14-10-12-11-16-9-8-15(12)7-6-13(2,3)4/h12,14H,5-11H2,1-4H3. The predicted molar refractivity (Wildman–Crippen MR) is 68.8 cm³/mol. The number of ether oxygens (including phenoxy) is 1. The molecule has 0 radical (unpaired) electrons. The molecule has 1 atom stereocenters. The maximum absolute atomic E-state index is 5.56. The van der Waals surface area contributed by atoms with Gasteiger partial charge in [0, 0.05) is 19.1 Å². The minimum atomic E-state index is 0.432. The zero-order valence-electron chi connectivity index (χ0n) is 11.4. The summed E-state index contributed by atoms with van der Waals surface area (Å²) in [5.41, 5.74) is 0.432. The molecule has 3 heteroatoms. The van der Waals surface area contributed by atoms with E-state index in [0.29, 0.717) is 11.5 Å². The molecule has 1 saturated heterocycles. The van der Waals surface area contributed by atoms with Gasteiger partial charge in [-0.3, -0.25) is 4.90 Å². The van der Waals surface area contributed by atoms with Crippen molar-refractivity contribution >= 4 is 0 Å². The van der Waals surface area contributed by atoms with Crippen LogP contribution in [-0.2, 0) is 4.74 Å². The van der Waals surface area contributed by atoms with E-state index in [-0.39, 0.29) is 0 Å². The predicted octanol–water partition coefficient (Wildman–Crippen LogP) is 1.73. The first-order valence-electron chi connectivity index (χ1n) is 6.55. The summed E-state index contributed by atoms with van der Waals surface area (Å²) in [4.78, 5) is 2.58. The van der Waals surface area contributed by atoms with Crippen molar-refractivity contribution in [2.45, 2.75) is 40.2 Å². The molecule has 0 spiro atoms. The Morgan fingerprint density at radius 1 is 1.38 bits per heavy atom. The second kappa shape index (κ2) is 6.58. The quantitative estimate of drug-likeness (QED) is 0.775. The summed E-state index contributed by atoms with van der Waals surface area (Å²) >= 11 is 0. The highest BCUT2D eigenvalue weighted by atomic mass is 16.5. The molecule has 1 aliphatic heterocycles. The van der Waals surface area contributed by atoms with Gasteiger partial charge in [-0.2, -0.15) is 0 Å². The number of nitrogens with one attached hydrogen (secondary N) is 1. The number of hydrogen-bond donors (Lipinski definition) is 1. The third-order valence-corrected chi connectivity index (χ3v) is 3.13. The van der Waals surface area contributed by atoms with Gasteiger partial charge in [-0.25, -0.2) is 0 Å². The van der Waals surface area contributed by atoms with Gasteiger partial charge in [0.1, 0.15) is 0 Å². The van der Waals surface area contributed by atoms with E-state index in [9.17, 15) is 0 Å². The number of hydrogen-bond acceptors (Lipinski definition) is 3. The lowest BCUT2D eigenvalue weighted by Gasteiger charge is -2.37. The lowest BCUT2D eigenvalue weighted by molar-refractivity contribution is -0.0105. The fourth-order valence-corrected chi connectivity index (χ4v) is 1.96. The Bertz CT molecular complexity index is 189. The van der Waals surface area contributed by atoms with Crippen LogP contribution in [0.1, 0.15) is 34.1 Å². The van der Waals surface area contributed by atoms with Crippen molar-refractivity contribution in [1.29, 1.82) is 0 Å². The van der Waals surface area contributed by atoms with Crippen LogP contribution in [0.25, 0.3) is 0 Å². The van der Waals surface area contributed by atoms with Crippen molar-refractivity contribution in [2.24, 2.45) is 5.41 Å². The first-order valence-corrected chi connectivity index (χ1v) is 6.55. The molecule has 96 valence electrons. The van der Waals surface area contributed by atoms with Crippen molar-refractivity contribution in [3.05, 3.63) is 0 Å². The van der Waals surface area contributed by atoms with Gasteiger partial charge in [0.15, 0.2) is 0 Å². The summed E-state index contributed by atoms with van der Waals surface area (Å²) in [6.07, 6.45) is 1.26. The van der Waals surface area contributed by atoms with Crippen LogP contribution in [0.15, 0.2) is 0 Å². The number of likely N-dealkylation sites (N-methyl/N-ethyl adjacent to an activating group) is 1. The summed E-state index contributed by atoms with van der Waals surface area (Å²) in [6, 6.07) is 0.566. The molecule has 3 nitrogen and oxygen atoms in total. The molecule has 1 heterocycles. The van der Waals surface area contributed by atoms with E-state index in [0.717, 1.165) is 32.8 Å². The topological polar surface area (TPSA) is 24.5 Å². The van der Waals surface area contributed by atoms with Crippen molar-refractivity contribution in [3.8, 4) is 0 Å². The fourth-order valence-electron chi connectivity index (χ4n) is 1.96. The van der Waals surface area contributed by atoms with Gasteiger partial charge in [-0.05, 0) is 24.9 Å². The van der Waals surface area contributed by atoms with E-state index in [4.69, 9.17) is 4.74 Å². The largest absolute Gasteiger partial charge is 0.378 e. The molecule has 0 bridgehead atoms. The monoisotopic (exact) mass is 228 g/mol. The molecule has 1 aliphatic rings. The van der Waals surface area contributed by atoms with Crippen molar-refractivity contribution in [1.82, 2.24) is 10.2 Å². The van der Waals surface area contributed by atoms with Gasteiger partial charge in [0.2, 0.25) is 0 Å². The van der Waals surface area contributed by atoms with E-state index < -0.39 is 0 Å². The van der Waals surface area contributed by atoms with Crippen LogP contribution in [0, 0.1) is 5.41 Å². The lowest BCUT2D eigenvalue weighted by atomic mass is 9.92. The normalized spacial score (nSPS) is 23.6. The van der Waals surface area contributed by atoms with Gasteiger partial charge in [0.05, 0.1) is 13.2 Å². The molecule has 0 aliphatic carbocycles. The van der Waals surface area contributed by atoms with E-state index in [1.165, 1.54) is 13.0 Å². The van der Waals surface area contributed by atoms with Crippen LogP contribution >= 0.6 is 0 Å². The molecule has 1 rings (SSSR count). The maximum Gasteiger partial charge on any atom is 0.0634 e. The number of nitrogens with zero attached hydrogens (tertiary/aromatic N) is 1. The summed E-state index contributed by atoms with van der Waals surface area (Å²) in [5, 5.41) is 3.42. The third-order valence-electron chi connectivity index (χ3n) is 3.13. The highest BCUT2D eigenvalue weighted by Crippen LogP contribution is 2.20. The Morgan fingerprint density at radius 2 is 2.12 bits per heavy atom. The molecular weight excluding hydrogens is 200 g/mol. The van der Waals surface area contributed by atoms with E-state index in [1.807, 2.05) is 0 Å². The molecule has 0 aromatic rings. The van der Waals surface area contributed by atoms with Gasteiger partial charge >= 0.3 is 0 Å². The molecular formula is C13H28N2O. The fraction of sp³-hybridized carbons (Fsp3) is 1.00. The third kappa shape index (κ3) is 5.28. The first kappa shape index (κ1) is 13.9. The Kier molecular flexibility index (Phi) is 5.73. The zero-order valence-corrected chi connectivity index (χ0v) is 11.4. The van der Waals surface area contributed by atoms with E-state index in [1.54, 1.807) is 0 Å². The molecule has 16 heavy (non-hydrogen) atoms. The first-order chi connectivity index (χ1) is 7.53. The number of morpholine rings is 1. The zero-order chi connectivity index (χ0) is 12.0. The average molecular weight is 228 g/mol. The average Bonchev–Trinajstić information content (AvgIpc) is 2.23. The van der Waals surface area contributed by atoms with Gasteiger partial charge in [0.25, 0.3) is 0 Å². The summed E-state index contributed by atoms with van der Waals surface area (Å²) in [7, 11) is 0. The van der Waals surface area contributed by atoms with Crippen LogP contribution in [-0.4, -0.2) is 50.3 Å². The molecule has 0 aromatic carbocycles.